The summed E-state index contributed by atoms with van der Waals surface area (Å²) in [6.07, 6.45) is 0.919. The Morgan fingerprint density at radius 3 is 2.65 bits per heavy atom. The van der Waals surface area contributed by atoms with E-state index in [1.54, 1.807) is 7.11 Å². The van der Waals surface area contributed by atoms with E-state index in [-0.39, 0.29) is 0 Å². The molecule has 3 heteroatoms. The maximum atomic E-state index is 6.15. The second kappa shape index (κ2) is 6.47. The first-order valence-electron chi connectivity index (χ1n) is 8.02. The maximum Gasteiger partial charge on any atom is 0.119 e. The van der Waals surface area contributed by atoms with Gasteiger partial charge in [0.1, 0.15) is 5.75 Å². The van der Waals surface area contributed by atoms with Crippen LogP contribution in [0.1, 0.15) is 22.7 Å². The molecule has 1 atom stereocenters. The minimum absolute atomic E-state index is 0.299. The summed E-state index contributed by atoms with van der Waals surface area (Å²) in [5.74, 6) is 1.20. The quantitative estimate of drug-likeness (QED) is 0.779. The molecule has 1 heterocycles. The van der Waals surface area contributed by atoms with Crippen molar-refractivity contribution in [2.24, 2.45) is 12.8 Å². The van der Waals surface area contributed by atoms with E-state index in [4.69, 9.17) is 10.5 Å². The van der Waals surface area contributed by atoms with Gasteiger partial charge in [-0.15, -0.1) is 0 Å². The van der Waals surface area contributed by atoms with Crippen molar-refractivity contribution in [3.05, 3.63) is 65.4 Å². The first-order chi connectivity index (χ1) is 11.2. The number of rotatable bonds is 5. The molecule has 0 aliphatic carbocycles. The Hall–Kier alpha value is -2.26. The summed E-state index contributed by atoms with van der Waals surface area (Å²) >= 11 is 0. The minimum Gasteiger partial charge on any atom is -0.497 e. The summed E-state index contributed by atoms with van der Waals surface area (Å²) < 4.78 is 7.60. The number of para-hydroxylation sites is 1. The van der Waals surface area contributed by atoms with Gasteiger partial charge in [-0.1, -0.05) is 30.3 Å². The molecule has 0 saturated heterocycles. The Morgan fingerprint density at radius 1 is 1.13 bits per heavy atom. The van der Waals surface area contributed by atoms with Gasteiger partial charge in [0.05, 0.1) is 7.11 Å². The molecule has 0 aliphatic heterocycles. The van der Waals surface area contributed by atoms with Gasteiger partial charge in [-0.3, -0.25) is 0 Å². The minimum atomic E-state index is 0.299. The summed E-state index contributed by atoms with van der Waals surface area (Å²) in [6.45, 7) is 2.82. The monoisotopic (exact) mass is 308 g/mol. The number of methoxy groups -OCH3 is 1. The molecule has 0 fully saturated rings. The van der Waals surface area contributed by atoms with Crippen LogP contribution >= 0.6 is 0 Å². The third-order valence-electron chi connectivity index (χ3n) is 4.76. The zero-order valence-corrected chi connectivity index (χ0v) is 14.0. The van der Waals surface area contributed by atoms with E-state index in [1.807, 2.05) is 12.1 Å². The SMILES string of the molecule is COc1cccc(CC(CN)c2c(C)n(C)c3ccccc23)c1. The summed E-state index contributed by atoms with van der Waals surface area (Å²) in [7, 11) is 3.83. The predicted octanol–water partition coefficient (Wildman–Crippen LogP) is 3.78. The molecule has 1 unspecified atom stereocenters. The van der Waals surface area contributed by atoms with Gasteiger partial charge in [0, 0.05) is 29.6 Å². The van der Waals surface area contributed by atoms with E-state index >= 15 is 0 Å². The number of ether oxygens (including phenoxy) is 1. The molecule has 0 amide bonds. The lowest BCUT2D eigenvalue weighted by Gasteiger charge is -2.17. The first kappa shape index (κ1) is 15.6. The normalized spacial score (nSPS) is 12.5. The fourth-order valence-electron chi connectivity index (χ4n) is 3.45. The molecular formula is C20H24N2O. The number of nitrogens with zero attached hydrogens (tertiary/aromatic N) is 1. The van der Waals surface area contributed by atoms with Crippen LogP contribution in [0.2, 0.25) is 0 Å². The molecular weight excluding hydrogens is 284 g/mol. The standard InChI is InChI=1S/C20H24N2O/c1-14-20(18-9-4-5-10-19(18)22(14)2)16(13-21)11-15-7-6-8-17(12-15)23-3/h4-10,12,16H,11,13,21H2,1-3H3. The van der Waals surface area contributed by atoms with Gasteiger partial charge in [-0.05, 0) is 49.2 Å². The van der Waals surface area contributed by atoms with Crippen LogP contribution in [0.25, 0.3) is 10.9 Å². The highest BCUT2D eigenvalue weighted by atomic mass is 16.5. The fourth-order valence-corrected chi connectivity index (χ4v) is 3.45. The Morgan fingerprint density at radius 2 is 1.91 bits per heavy atom. The second-order valence-corrected chi connectivity index (χ2v) is 6.06. The number of hydrogen-bond donors (Lipinski definition) is 1. The Kier molecular flexibility index (Phi) is 4.39. The number of nitrogens with two attached hydrogens (primary N) is 1. The van der Waals surface area contributed by atoms with Gasteiger partial charge in [0.15, 0.2) is 0 Å². The van der Waals surface area contributed by atoms with E-state index in [0.29, 0.717) is 12.5 Å². The molecule has 0 saturated carbocycles. The van der Waals surface area contributed by atoms with Crippen molar-refractivity contribution in [1.82, 2.24) is 4.57 Å². The molecule has 2 N–H and O–H groups in total. The molecule has 3 rings (SSSR count). The molecule has 120 valence electrons. The highest BCUT2D eigenvalue weighted by Crippen LogP contribution is 2.33. The lowest BCUT2D eigenvalue weighted by atomic mass is 9.90. The lowest BCUT2D eigenvalue weighted by Crippen LogP contribution is -2.16. The van der Waals surface area contributed by atoms with Crippen LogP contribution in [0.4, 0.5) is 0 Å². The maximum absolute atomic E-state index is 6.15. The van der Waals surface area contributed by atoms with Crippen molar-refractivity contribution in [2.45, 2.75) is 19.3 Å². The second-order valence-electron chi connectivity index (χ2n) is 6.06. The van der Waals surface area contributed by atoms with Crippen LogP contribution in [0.15, 0.2) is 48.5 Å². The van der Waals surface area contributed by atoms with Gasteiger partial charge < -0.3 is 15.0 Å². The molecule has 3 nitrogen and oxygen atoms in total. The highest BCUT2D eigenvalue weighted by molar-refractivity contribution is 5.86. The van der Waals surface area contributed by atoms with E-state index in [9.17, 15) is 0 Å². The largest absolute Gasteiger partial charge is 0.497 e. The van der Waals surface area contributed by atoms with Crippen molar-refractivity contribution in [3.63, 3.8) is 0 Å². The van der Waals surface area contributed by atoms with E-state index in [0.717, 1.165) is 12.2 Å². The Balaban J connectivity index is 2.03. The van der Waals surface area contributed by atoms with Gasteiger partial charge >= 0.3 is 0 Å². The molecule has 0 bridgehead atoms. The number of benzene rings is 2. The number of aryl methyl sites for hydroxylation is 1. The number of fused-ring (bicyclic) bond motifs is 1. The first-order valence-corrected chi connectivity index (χ1v) is 8.02. The Labute approximate surface area is 137 Å². The molecule has 3 aromatic rings. The summed E-state index contributed by atoms with van der Waals surface area (Å²) in [4.78, 5) is 0. The summed E-state index contributed by atoms with van der Waals surface area (Å²) in [5, 5.41) is 1.31. The van der Waals surface area contributed by atoms with Crippen LogP contribution in [-0.4, -0.2) is 18.2 Å². The number of hydrogen-bond acceptors (Lipinski definition) is 2. The predicted molar refractivity (Wildman–Crippen MR) is 96.1 cm³/mol. The topological polar surface area (TPSA) is 40.2 Å². The Bertz CT molecular complexity index is 820. The highest BCUT2D eigenvalue weighted by Gasteiger charge is 2.20. The van der Waals surface area contributed by atoms with E-state index in [1.165, 1.54) is 27.7 Å². The molecule has 23 heavy (non-hydrogen) atoms. The van der Waals surface area contributed by atoms with Crippen molar-refractivity contribution >= 4 is 10.9 Å². The summed E-state index contributed by atoms with van der Waals surface area (Å²) in [6, 6.07) is 16.8. The zero-order chi connectivity index (χ0) is 16.4. The van der Waals surface area contributed by atoms with Gasteiger partial charge in [0.2, 0.25) is 0 Å². The van der Waals surface area contributed by atoms with Crippen LogP contribution in [0.5, 0.6) is 5.75 Å². The van der Waals surface area contributed by atoms with Crippen LogP contribution < -0.4 is 10.5 Å². The zero-order valence-electron chi connectivity index (χ0n) is 14.0. The van der Waals surface area contributed by atoms with Crippen molar-refractivity contribution < 1.29 is 4.74 Å². The van der Waals surface area contributed by atoms with Crippen molar-refractivity contribution in [1.29, 1.82) is 0 Å². The van der Waals surface area contributed by atoms with E-state index < -0.39 is 0 Å². The van der Waals surface area contributed by atoms with Crippen LogP contribution in [0, 0.1) is 6.92 Å². The fraction of sp³-hybridized carbons (Fsp3) is 0.300. The van der Waals surface area contributed by atoms with E-state index in [2.05, 4.69) is 54.9 Å². The van der Waals surface area contributed by atoms with Crippen LogP contribution in [0.3, 0.4) is 0 Å². The lowest BCUT2D eigenvalue weighted by molar-refractivity contribution is 0.414. The van der Waals surface area contributed by atoms with Crippen LogP contribution in [-0.2, 0) is 13.5 Å². The molecule has 2 aromatic carbocycles. The average Bonchev–Trinajstić information content (AvgIpc) is 2.85. The third kappa shape index (κ3) is 2.84. The smallest absolute Gasteiger partial charge is 0.119 e. The number of aromatic nitrogens is 1. The van der Waals surface area contributed by atoms with Crippen molar-refractivity contribution in [3.8, 4) is 5.75 Å². The van der Waals surface area contributed by atoms with Gasteiger partial charge in [-0.2, -0.15) is 0 Å². The molecule has 0 radical (unpaired) electrons. The molecule has 0 aliphatic rings. The van der Waals surface area contributed by atoms with Gasteiger partial charge in [-0.25, -0.2) is 0 Å². The molecule has 0 spiro atoms. The van der Waals surface area contributed by atoms with Crippen molar-refractivity contribution in [2.75, 3.05) is 13.7 Å². The summed E-state index contributed by atoms with van der Waals surface area (Å²) in [5.41, 5.74) is 11.3. The average molecular weight is 308 g/mol. The van der Waals surface area contributed by atoms with Gasteiger partial charge in [0.25, 0.3) is 0 Å². The molecule has 1 aromatic heterocycles. The third-order valence-corrected chi connectivity index (χ3v) is 4.76.